The van der Waals surface area contributed by atoms with Crippen molar-refractivity contribution in [1.82, 2.24) is 14.4 Å². The highest BCUT2D eigenvalue weighted by Gasteiger charge is 2.09. The molecule has 2 N–H and O–H groups in total. The van der Waals surface area contributed by atoms with Crippen molar-refractivity contribution in [2.45, 2.75) is 6.92 Å². The summed E-state index contributed by atoms with van der Waals surface area (Å²) in [5.41, 5.74) is 2.94. The zero-order chi connectivity index (χ0) is 14.1. The molecule has 1 aromatic carbocycles. The number of hydrogen-bond acceptors (Lipinski definition) is 4. The highest BCUT2D eigenvalue weighted by molar-refractivity contribution is 9.10. The van der Waals surface area contributed by atoms with E-state index in [0.29, 0.717) is 5.82 Å². The molecule has 5 nitrogen and oxygen atoms in total. The number of halogens is 1. The Balaban J connectivity index is 2.09. The van der Waals surface area contributed by atoms with Crippen LogP contribution in [0.2, 0.25) is 0 Å². The first-order chi connectivity index (χ1) is 9.67. The first-order valence-corrected chi connectivity index (χ1v) is 7.01. The second-order valence-electron chi connectivity index (χ2n) is 4.49. The minimum absolute atomic E-state index is 0.716. The minimum Gasteiger partial charge on any atom is -0.372 e. The van der Waals surface area contributed by atoms with Crippen LogP contribution in [-0.4, -0.2) is 21.4 Å². The van der Waals surface area contributed by atoms with Crippen LogP contribution < -0.4 is 10.6 Å². The van der Waals surface area contributed by atoms with Crippen molar-refractivity contribution in [2.24, 2.45) is 0 Å². The standard InChI is InChI=1S/C14H14BrN5/c1-9-3-4-10(15)11(7-9)18-13-14-17-5-6-20(14)8-12(16-2)19-13/h3-8,16H,1-2H3,(H,18,19). The van der Waals surface area contributed by atoms with E-state index in [1.165, 1.54) is 5.56 Å². The molecule has 3 aromatic rings. The van der Waals surface area contributed by atoms with E-state index in [2.05, 4.69) is 55.6 Å². The predicted molar refractivity (Wildman–Crippen MR) is 84.7 cm³/mol. The van der Waals surface area contributed by atoms with Crippen molar-refractivity contribution >= 4 is 38.9 Å². The van der Waals surface area contributed by atoms with Gasteiger partial charge in [0.2, 0.25) is 0 Å². The van der Waals surface area contributed by atoms with Crippen molar-refractivity contribution in [2.75, 3.05) is 17.7 Å². The number of anilines is 3. The lowest BCUT2D eigenvalue weighted by Gasteiger charge is -2.11. The summed E-state index contributed by atoms with van der Waals surface area (Å²) in [4.78, 5) is 8.87. The van der Waals surface area contributed by atoms with Crippen molar-refractivity contribution in [3.05, 3.63) is 46.8 Å². The lowest BCUT2D eigenvalue weighted by atomic mass is 10.2. The summed E-state index contributed by atoms with van der Waals surface area (Å²) in [7, 11) is 1.84. The highest BCUT2D eigenvalue weighted by Crippen LogP contribution is 2.28. The fourth-order valence-electron chi connectivity index (χ4n) is 2.00. The third kappa shape index (κ3) is 2.34. The molecule has 0 radical (unpaired) electrons. The monoisotopic (exact) mass is 331 g/mol. The van der Waals surface area contributed by atoms with Gasteiger partial charge in [0.25, 0.3) is 0 Å². The molecular formula is C14H14BrN5. The molecule has 2 heterocycles. The van der Waals surface area contributed by atoms with Gasteiger partial charge in [0, 0.05) is 23.9 Å². The Morgan fingerprint density at radius 3 is 2.95 bits per heavy atom. The number of nitrogens with one attached hydrogen (secondary N) is 2. The number of aromatic nitrogens is 3. The second kappa shape index (κ2) is 5.13. The van der Waals surface area contributed by atoms with Gasteiger partial charge in [-0.1, -0.05) is 6.07 Å². The Morgan fingerprint density at radius 2 is 2.15 bits per heavy atom. The van der Waals surface area contributed by atoms with Gasteiger partial charge >= 0.3 is 0 Å². The van der Waals surface area contributed by atoms with Crippen LogP contribution in [-0.2, 0) is 0 Å². The summed E-state index contributed by atoms with van der Waals surface area (Å²) in [5, 5.41) is 6.39. The van der Waals surface area contributed by atoms with E-state index in [1.54, 1.807) is 6.20 Å². The molecular weight excluding hydrogens is 318 g/mol. The van der Waals surface area contributed by atoms with Crippen LogP contribution in [0.15, 0.2) is 41.3 Å². The minimum atomic E-state index is 0.716. The average molecular weight is 332 g/mol. The third-order valence-electron chi connectivity index (χ3n) is 3.01. The number of fused-ring (bicyclic) bond motifs is 1. The molecule has 0 aliphatic heterocycles. The maximum Gasteiger partial charge on any atom is 0.180 e. The smallest absolute Gasteiger partial charge is 0.180 e. The highest BCUT2D eigenvalue weighted by atomic mass is 79.9. The number of benzene rings is 1. The molecule has 0 aliphatic carbocycles. The second-order valence-corrected chi connectivity index (χ2v) is 5.35. The van der Waals surface area contributed by atoms with E-state index < -0.39 is 0 Å². The van der Waals surface area contributed by atoms with E-state index >= 15 is 0 Å². The van der Waals surface area contributed by atoms with Gasteiger partial charge in [-0.25, -0.2) is 9.97 Å². The van der Waals surface area contributed by atoms with Crippen LogP contribution in [0.5, 0.6) is 0 Å². The fraction of sp³-hybridized carbons (Fsp3) is 0.143. The van der Waals surface area contributed by atoms with Crippen molar-refractivity contribution in [1.29, 1.82) is 0 Å². The molecule has 0 fully saturated rings. The van der Waals surface area contributed by atoms with Crippen LogP contribution in [0.4, 0.5) is 17.3 Å². The Labute approximate surface area is 125 Å². The van der Waals surface area contributed by atoms with Crippen LogP contribution >= 0.6 is 15.9 Å². The van der Waals surface area contributed by atoms with Gasteiger partial charge < -0.3 is 15.0 Å². The number of aryl methyl sites for hydroxylation is 1. The molecule has 102 valence electrons. The number of rotatable bonds is 3. The molecule has 0 bridgehead atoms. The number of nitrogens with zero attached hydrogens (tertiary/aromatic N) is 3. The fourth-order valence-corrected chi connectivity index (χ4v) is 2.34. The molecule has 6 heteroatoms. The molecule has 0 saturated carbocycles. The molecule has 3 rings (SSSR count). The van der Waals surface area contributed by atoms with Gasteiger partial charge in [0.1, 0.15) is 5.82 Å². The number of imidazole rings is 1. The summed E-state index contributed by atoms with van der Waals surface area (Å²) in [6, 6.07) is 6.14. The van der Waals surface area contributed by atoms with Crippen molar-refractivity contribution in [3.8, 4) is 0 Å². The van der Waals surface area contributed by atoms with Gasteiger partial charge in [-0.05, 0) is 40.5 Å². The van der Waals surface area contributed by atoms with Crippen LogP contribution in [0.25, 0.3) is 5.65 Å². The molecule has 0 saturated heterocycles. The first-order valence-electron chi connectivity index (χ1n) is 6.22. The quantitative estimate of drug-likeness (QED) is 0.770. The van der Waals surface area contributed by atoms with E-state index in [1.807, 2.05) is 29.9 Å². The van der Waals surface area contributed by atoms with Gasteiger partial charge in [-0.2, -0.15) is 0 Å². The maximum absolute atomic E-state index is 4.53. The first kappa shape index (κ1) is 12.9. The number of hydrogen-bond donors (Lipinski definition) is 2. The van der Waals surface area contributed by atoms with Gasteiger partial charge in [0.05, 0.1) is 11.9 Å². The van der Waals surface area contributed by atoms with Gasteiger partial charge in [-0.15, -0.1) is 0 Å². The predicted octanol–water partition coefficient (Wildman–Crippen LogP) is 3.59. The van der Waals surface area contributed by atoms with Crippen molar-refractivity contribution < 1.29 is 0 Å². The van der Waals surface area contributed by atoms with Gasteiger partial charge in [-0.3, -0.25) is 0 Å². The van der Waals surface area contributed by atoms with E-state index in [0.717, 1.165) is 21.6 Å². The molecule has 2 aromatic heterocycles. The van der Waals surface area contributed by atoms with Gasteiger partial charge in [0.15, 0.2) is 11.5 Å². The Bertz CT molecular complexity index is 765. The molecule has 20 heavy (non-hydrogen) atoms. The molecule has 0 atom stereocenters. The topological polar surface area (TPSA) is 54.2 Å². The third-order valence-corrected chi connectivity index (χ3v) is 3.70. The normalized spacial score (nSPS) is 10.8. The lowest BCUT2D eigenvalue weighted by Crippen LogP contribution is -2.02. The molecule has 0 spiro atoms. The molecule has 0 aliphatic rings. The zero-order valence-electron chi connectivity index (χ0n) is 11.2. The SMILES string of the molecule is CNc1cn2ccnc2c(Nc2cc(C)ccc2Br)n1. The largest absolute Gasteiger partial charge is 0.372 e. The summed E-state index contributed by atoms with van der Waals surface area (Å²) in [6.07, 6.45) is 5.56. The average Bonchev–Trinajstić information content (AvgIpc) is 2.91. The summed E-state index contributed by atoms with van der Waals surface area (Å²) in [5.74, 6) is 1.50. The summed E-state index contributed by atoms with van der Waals surface area (Å²) < 4.78 is 2.93. The summed E-state index contributed by atoms with van der Waals surface area (Å²) >= 11 is 3.55. The van der Waals surface area contributed by atoms with E-state index in [-0.39, 0.29) is 0 Å². The van der Waals surface area contributed by atoms with E-state index in [9.17, 15) is 0 Å². The molecule has 0 amide bonds. The Kier molecular flexibility index (Phi) is 3.31. The Morgan fingerprint density at radius 1 is 1.30 bits per heavy atom. The van der Waals surface area contributed by atoms with E-state index in [4.69, 9.17) is 0 Å². The zero-order valence-corrected chi connectivity index (χ0v) is 12.8. The van der Waals surface area contributed by atoms with Crippen LogP contribution in [0, 0.1) is 6.92 Å². The van der Waals surface area contributed by atoms with Crippen molar-refractivity contribution in [3.63, 3.8) is 0 Å². The van der Waals surface area contributed by atoms with Crippen LogP contribution in [0.1, 0.15) is 5.56 Å². The van der Waals surface area contributed by atoms with Crippen LogP contribution in [0.3, 0.4) is 0 Å². The lowest BCUT2D eigenvalue weighted by molar-refractivity contribution is 1.12. The molecule has 0 unspecified atom stereocenters. The summed E-state index contributed by atoms with van der Waals surface area (Å²) in [6.45, 7) is 2.06. The Hall–Kier alpha value is -2.08. The maximum atomic E-state index is 4.53.